The Labute approximate surface area is 173 Å². The van der Waals surface area contributed by atoms with E-state index in [1.807, 2.05) is 43.3 Å². The van der Waals surface area contributed by atoms with Gasteiger partial charge < -0.3 is 4.74 Å². The van der Waals surface area contributed by atoms with Gasteiger partial charge in [-0.25, -0.2) is 9.79 Å². The number of cyclic esters (lactones) is 1. The van der Waals surface area contributed by atoms with Crippen LogP contribution in [0.15, 0.2) is 89.6 Å². The van der Waals surface area contributed by atoms with Gasteiger partial charge in [0.2, 0.25) is 5.90 Å². The second-order valence-corrected chi connectivity index (χ2v) is 7.66. The highest BCUT2D eigenvalue weighted by Crippen LogP contribution is 2.36. The van der Waals surface area contributed by atoms with Gasteiger partial charge in [-0.3, -0.25) is 0 Å². The molecule has 0 N–H and O–H groups in total. The van der Waals surface area contributed by atoms with Crippen LogP contribution in [-0.4, -0.2) is 11.9 Å². The van der Waals surface area contributed by atoms with Crippen LogP contribution in [0.4, 0.5) is 0 Å². The third-order valence-corrected chi connectivity index (χ3v) is 5.85. The van der Waals surface area contributed by atoms with E-state index in [1.54, 1.807) is 0 Å². The van der Waals surface area contributed by atoms with Gasteiger partial charge in [0.1, 0.15) is 0 Å². The Balaban J connectivity index is 1.56. The van der Waals surface area contributed by atoms with Crippen LogP contribution in [0.5, 0.6) is 0 Å². The number of carbonyl (C=O) groups excluding carboxylic acids is 1. The largest absolute Gasteiger partial charge is 0.402 e. The molecule has 5 aromatic carbocycles. The lowest BCUT2D eigenvalue weighted by Gasteiger charge is -2.12. The number of nitrogens with zero attached hydrogens (tertiary/aromatic N) is 1. The molecule has 6 rings (SSSR count). The quantitative estimate of drug-likeness (QED) is 0.204. The highest BCUT2D eigenvalue weighted by Gasteiger charge is 2.25. The maximum atomic E-state index is 12.5. The number of esters is 1. The first-order valence-corrected chi connectivity index (χ1v) is 9.94. The molecule has 142 valence electrons. The molecule has 0 atom stereocenters. The van der Waals surface area contributed by atoms with E-state index in [0.29, 0.717) is 11.6 Å². The summed E-state index contributed by atoms with van der Waals surface area (Å²) in [5, 5.41) is 7.21. The minimum absolute atomic E-state index is 0.322. The first kappa shape index (κ1) is 16.9. The summed E-state index contributed by atoms with van der Waals surface area (Å²) in [5.74, 6) is -0.0546. The van der Waals surface area contributed by atoms with Crippen LogP contribution in [0.2, 0.25) is 0 Å². The molecule has 0 amide bonds. The lowest BCUT2D eigenvalue weighted by molar-refractivity contribution is -0.129. The summed E-state index contributed by atoms with van der Waals surface area (Å²) >= 11 is 0. The van der Waals surface area contributed by atoms with Crippen LogP contribution in [-0.2, 0) is 9.53 Å². The van der Waals surface area contributed by atoms with Crippen molar-refractivity contribution >= 4 is 50.3 Å². The highest BCUT2D eigenvalue weighted by atomic mass is 16.6. The second-order valence-electron chi connectivity index (χ2n) is 7.66. The van der Waals surface area contributed by atoms with Crippen LogP contribution in [0.25, 0.3) is 38.4 Å². The standard InChI is InChI=1S/C27H17NO2/c1-16-5-2-3-8-21(16)26-28-23(27(29)30-26)15-20-12-11-19-10-9-17-6-4-7-18-13-14-22(20)25(19)24(17)18/h2-15H,1H3. The second kappa shape index (κ2) is 6.26. The molecule has 1 aliphatic rings. The Kier molecular flexibility index (Phi) is 3.53. The Morgan fingerprint density at radius 1 is 0.767 bits per heavy atom. The molecule has 5 aromatic rings. The number of hydrogen-bond acceptors (Lipinski definition) is 3. The third kappa shape index (κ3) is 2.45. The Bertz CT molecular complexity index is 1530. The fourth-order valence-electron chi connectivity index (χ4n) is 4.37. The van der Waals surface area contributed by atoms with Crippen molar-refractivity contribution in [2.24, 2.45) is 4.99 Å². The Morgan fingerprint density at radius 3 is 2.27 bits per heavy atom. The van der Waals surface area contributed by atoms with Gasteiger partial charge in [-0.2, -0.15) is 0 Å². The zero-order chi connectivity index (χ0) is 20.2. The molecule has 0 aromatic heterocycles. The number of benzene rings is 5. The van der Waals surface area contributed by atoms with Crippen LogP contribution < -0.4 is 0 Å². The van der Waals surface area contributed by atoms with E-state index in [2.05, 4.69) is 53.5 Å². The van der Waals surface area contributed by atoms with Gasteiger partial charge in [-0.15, -0.1) is 0 Å². The molecule has 0 bridgehead atoms. The summed E-state index contributed by atoms with van der Waals surface area (Å²) in [4.78, 5) is 17.0. The molecule has 0 aliphatic carbocycles. The average molecular weight is 387 g/mol. The van der Waals surface area contributed by atoms with Gasteiger partial charge in [0.15, 0.2) is 5.70 Å². The van der Waals surface area contributed by atoms with Crippen LogP contribution in [0.1, 0.15) is 16.7 Å². The van der Waals surface area contributed by atoms with E-state index in [1.165, 1.54) is 26.9 Å². The number of aliphatic imine (C=N–C) groups is 1. The van der Waals surface area contributed by atoms with Crippen molar-refractivity contribution in [2.45, 2.75) is 6.92 Å². The predicted octanol–water partition coefficient (Wildman–Crippen LogP) is 6.24. The number of ether oxygens (including phenoxy) is 1. The normalized spacial score (nSPS) is 15.4. The molecule has 3 heteroatoms. The van der Waals surface area contributed by atoms with Gasteiger partial charge in [0.25, 0.3) is 0 Å². The minimum atomic E-state index is -0.418. The summed E-state index contributed by atoms with van der Waals surface area (Å²) in [5.41, 5.74) is 3.14. The van der Waals surface area contributed by atoms with Gasteiger partial charge in [0, 0.05) is 5.56 Å². The summed E-state index contributed by atoms with van der Waals surface area (Å²) in [6, 6.07) is 26.9. The molecule has 0 saturated carbocycles. The Hall–Kier alpha value is -3.98. The third-order valence-electron chi connectivity index (χ3n) is 5.85. The van der Waals surface area contributed by atoms with Crippen LogP contribution in [0, 0.1) is 6.92 Å². The topological polar surface area (TPSA) is 38.7 Å². The number of aryl methyl sites for hydroxylation is 1. The maximum Gasteiger partial charge on any atom is 0.363 e. The van der Waals surface area contributed by atoms with Gasteiger partial charge in [-0.05, 0) is 62.5 Å². The van der Waals surface area contributed by atoms with E-state index in [4.69, 9.17) is 4.74 Å². The van der Waals surface area contributed by atoms with E-state index >= 15 is 0 Å². The monoisotopic (exact) mass is 387 g/mol. The van der Waals surface area contributed by atoms with E-state index < -0.39 is 5.97 Å². The van der Waals surface area contributed by atoms with Crippen LogP contribution >= 0.6 is 0 Å². The van der Waals surface area contributed by atoms with E-state index in [0.717, 1.165) is 22.1 Å². The molecule has 0 fully saturated rings. The van der Waals surface area contributed by atoms with E-state index in [-0.39, 0.29) is 0 Å². The summed E-state index contributed by atoms with van der Waals surface area (Å²) in [6.45, 7) is 1.98. The molecular weight excluding hydrogens is 370 g/mol. The average Bonchev–Trinajstić information content (AvgIpc) is 3.13. The number of carbonyl (C=O) groups is 1. The SMILES string of the molecule is Cc1ccccc1C1=NC(=Cc2ccc3ccc4cccc5ccc2c3c45)C(=O)O1. The molecule has 30 heavy (non-hydrogen) atoms. The van der Waals surface area contributed by atoms with Crippen molar-refractivity contribution in [2.75, 3.05) is 0 Å². The molecule has 1 aliphatic heterocycles. The first-order chi connectivity index (χ1) is 14.7. The highest BCUT2D eigenvalue weighted by molar-refractivity contribution is 6.24. The summed E-state index contributed by atoms with van der Waals surface area (Å²) < 4.78 is 5.48. The lowest BCUT2D eigenvalue weighted by Crippen LogP contribution is -2.06. The molecule has 0 radical (unpaired) electrons. The van der Waals surface area contributed by atoms with Crippen molar-refractivity contribution < 1.29 is 9.53 Å². The van der Waals surface area contributed by atoms with Crippen molar-refractivity contribution in [1.82, 2.24) is 0 Å². The molecule has 0 unspecified atom stereocenters. The molecule has 1 heterocycles. The molecule has 3 nitrogen and oxygen atoms in total. The van der Waals surface area contributed by atoms with Crippen LogP contribution in [0.3, 0.4) is 0 Å². The lowest BCUT2D eigenvalue weighted by atomic mass is 9.92. The molecular formula is C27H17NO2. The summed E-state index contributed by atoms with van der Waals surface area (Å²) in [7, 11) is 0. The molecule has 0 saturated heterocycles. The predicted molar refractivity (Wildman–Crippen MR) is 122 cm³/mol. The summed E-state index contributed by atoms with van der Waals surface area (Å²) in [6.07, 6.45) is 1.83. The van der Waals surface area contributed by atoms with Crippen molar-refractivity contribution in [3.63, 3.8) is 0 Å². The van der Waals surface area contributed by atoms with Crippen molar-refractivity contribution in [1.29, 1.82) is 0 Å². The van der Waals surface area contributed by atoms with Gasteiger partial charge in [0.05, 0.1) is 0 Å². The van der Waals surface area contributed by atoms with Gasteiger partial charge in [-0.1, -0.05) is 72.8 Å². The number of hydrogen-bond donors (Lipinski definition) is 0. The smallest absolute Gasteiger partial charge is 0.363 e. The Morgan fingerprint density at radius 2 is 1.47 bits per heavy atom. The number of rotatable bonds is 2. The minimum Gasteiger partial charge on any atom is -0.402 e. The van der Waals surface area contributed by atoms with E-state index in [9.17, 15) is 4.79 Å². The molecule has 0 spiro atoms. The van der Waals surface area contributed by atoms with Crippen molar-refractivity contribution in [3.8, 4) is 0 Å². The zero-order valence-corrected chi connectivity index (χ0v) is 16.3. The zero-order valence-electron chi connectivity index (χ0n) is 16.3. The maximum absolute atomic E-state index is 12.5. The van der Waals surface area contributed by atoms with Crippen molar-refractivity contribution in [3.05, 3.63) is 101 Å². The first-order valence-electron chi connectivity index (χ1n) is 9.94. The van der Waals surface area contributed by atoms with Gasteiger partial charge >= 0.3 is 5.97 Å². The fourth-order valence-corrected chi connectivity index (χ4v) is 4.37. The fraction of sp³-hybridized carbons (Fsp3) is 0.0370.